The molecule has 2 bridgehead atoms. The number of ether oxygens (including phenoxy) is 1. The minimum Gasteiger partial charge on any atom is -0.490 e. The second kappa shape index (κ2) is 12.7. The van der Waals surface area contributed by atoms with Crippen LogP contribution in [0.15, 0.2) is 36.4 Å². The summed E-state index contributed by atoms with van der Waals surface area (Å²) in [5, 5.41) is 14.5. The van der Waals surface area contributed by atoms with E-state index in [1.54, 1.807) is 6.07 Å². The first-order valence-electron chi connectivity index (χ1n) is 16.7. The van der Waals surface area contributed by atoms with E-state index < -0.39 is 21.2 Å². The summed E-state index contributed by atoms with van der Waals surface area (Å²) in [4.78, 5) is 28.6. The number of aliphatic hydroxyl groups is 1. The quantitative estimate of drug-likeness (QED) is 0.376. The second-order valence-corrected chi connectivity index (χ2v) is 17.3. The number of anilines is 1. The average Bonchev–Trinajstić information content (AvgIpc) is 3.14. The third-order valence-electron chi connectivity index (χ3n) is 11.5. The van der Waals surface area contributed by atoms with Gasteiger partial charge in [-0.25, -0.2) is 4.21 Å². The predicted molar refractivity (Wildman–Crippen MR) is 185 cm³/mol. The van der Waals surface area contributed by atoms with Crippen molar-refractivity contribution in [2.24, 2.45) is 17.8 Å². The van der Waals surface area contributed by atoms with Crippen LogP contribution in [0.2, 0.25) is 5.02 Å². The third-order valence-corrected chi connectivity index (χ3v) is 14.0. The predicted octanol–water partition coefficient (Wildman–Crippen LogP) is 5.28. The van der Waals surface area contributed by atoms with Crippen LogP contribution in [0.3, 0.4) is 0 Å². The maximum absolute atomic E-state index is 13.8. The fraction of sp³-hybridized carbons (Fsp3) is 0.583. The van der Waals surface area contributed by atoms with Gasteiger partial charge in [0.25, 0.3) is 5.91 Å². The summed E-state index contributed by atoms with van der Waals surface area (Å²) in [6.45, 7) is 7.17. The van der Waals surface area contributed by atoms with Gasteiger partial charge < -0.3 is 20.1 Å². The number of nitrogens with zero attached hydrogens (tertiary/aromatic N) is 1. The van der Waals surface area contributed by atoms with E-state index in [9.17, 15) is 18.9 Å². The molecule has 4 aliphatic rings. The highest BCUT2D eigenvalue weighted by molar-refractivity contribution is 7.99. The molecular weight excluding hydrogens is 622 g/mol. The summed E-state index contributed by atoms with van der Waals surface area (Å²) in [5.41, 5.74) is 2.73. The zero-order chi connectivity index (χ0) is 32.9. The van der Waals surface area contributed by atoms with Gasteiger partial charge >= 0.3 is 0 Å². The third kappa shape index (κ3) is 6.15. The van der Waals surface area contributed by atoms with E-state index in [0.29, 0.717) is 37.4 Å². The first kappa shape index (κ1) is 33.2. The molecule has 10 heteroatoms. The Morgan fingerprint density at radius 3 is 2.70 bits per heavy atom. The number of rotatable bonds is 2. The zero-order valence-electron chi connectivity index (χ0n) is 27.3. The molecule has 2 heterocycles. The maximum Gasteiger partial charge on any atom is 0.262 e. The summed E-state index contributed by atoms with van der Waals surface area (Å²) < 4.78 is 23.2. The van der Waals surface area contributed by atoms with Gasteiger partial charge in [-0.3, -0.25) is 14.3 Å². The van der Waals surface area contributed by atoms with Crippen LogP contribution >= 0.6 is 11.6 Å². The molecule has 6 rings (SSSR count). The standard InChI is InChI=1S/C36H48ClN3O5S/c1-23-7-5-16-36(21-41,38-25(3)42)31-12-9-28(31)19-40-20-35(15-6-8-26-17-29(37)11-13-30(26)35)22-45-33-14-10-27(18-32(33)40)34(43)39-46(4,44)24(23)2/h10-11,13-14,17-18,23-24,28,31,41H,4-9,12,15-16,19-22H2,1-3H3,(H,38,42)(H,39,43,44)/t23-,24+,28-,31+,35-,36-,46?/m0/s1. The number of aryl methyl sites for hydroxylation is 1. The average molecular weight is 670 g/mol. The molecule has 2 aromatic carbocycles. The van der Waals surface area contributed by atoms with Crippen molar-refractivity contribution in [2.45, 2.75) is 88.3 Å². The van der Waals surface area contributed by atoms with E-state index in [0.717, 1.165) is 55.7 Å². The van der Waals surface area contributed by atoms with Crippen LogP contribution in [0, 0.1) is 17.8 Å². The van der Waals surface area contributed by atoms with Crippen molar-refractivity contribution in [1.82, 2.24) is 10.0 Å². The summed E-state index contributed by atoms with van der Waals surface area (Å²) in [6.07, 6.45) is 6.93. The lowest BCUT2D eigenvalue weighted by atomic mass is 9.61. The summed E-state index contributed by atoms with van der Waals surface area (Å²) in [7, 11) is -2.97. The first-order chi connectivity index (χ1) is 21.9. The van der Waals surface area contributed by atoms with Crippen molar-refractivity contribution in [3.05, 3.63) is 58.1 Å². The van der Waals surface area contributed by atoms with Gasteiger partial charge in [0.2, 0.25) is 5.91 Å². The number of carbonyl (C=O) groups is 2. The van der Waals surface area contributed by atoms with Gasteiger partial charge in [-0.05, 0) is 117 Å². The van der Waals surface area contributed by atoms with Crippen LogP contribution in [0.5, 0.6) is 5.75 Å². The van der Waals surface area contributed by atoms with Crippen molar-refractivity contribution >= 4 is 44.7 Å². The Morgan fingerprint density at radius 1 is 1.17 bits per heavy atom. The highest BCUT2D eigenvalue weighted by atomic mass is 35.5. The molecule has 46 heavy (non-hydrogen) atoms. The van der Waals surface area contributed by atoms with Crippen LogP contribution in [-0.2, 0) is 26.3 Å². The highest BCUT2D eigenvalue weighted by Crippen LogP contribution is 2.49. The van der Waals surface area contributed by atoms with Crippen molar-refractivity contribution in [2.75, 3.05) is 31.2 Å². The molecule has 1 spiro atoms. The lowest BCUT2D eigenvalue weighted by molar-refractivity contribution is -0.124. The van der Waals surface area contributed by atoms with Crippen molar-refractivity contribution in [3.63, 3.8) is 0 Å². The minimum atomic E-state index is -2.97. The fourth-order valence-electron chi connectivity index (χ4n) is 8.64. The van der Waals surface area contributed by atoms with E-state index in [4.69, 9.17) is 16.3 Å². The zero-order valence-corrected chi connectivity index (χ0v) is 28.9. The minimum absolute atomic E-state index is 0.00416. The second-order valence-electron chi connectivity index (χ2n) is 14.5. The largest absolute Gasteiger partial charge is 0.490 e. The van der Waals surface area contributed by atoms with E-state index in [1.807, 2.05) is 32.0 Å². The fourth-order valence-corrected chi connectivity index (χ4v) is 10.3. The summed E-state index contributed by atoms with van der Waals surface area (Å²) in [6, 6.07) is 11.7. The molecule has 250 valence electrons. The van der Waals surface area contributed by atoms with Gasteiger partial charge in [0.05, 0.1) is 34.1 Å². The van der Waals surface area contributed by atoms with E-state index in [-0.39, 0.29) is 40.9 Å². The van der Waals surface area contributed by atoms with E-state index in [2.05, 4.69) is 32.9 Å². The summed E-state index contributed by atoms with van der Waals surface area (Å²) in [5.74, 6) is 4.45. The van der Waals surface area contributed by atoms with Crippen molar-refractivity contribution in [3.8, 4) is 5.75 Å². The number of carbonyl (C=O) groups excluding carboxylic acids is 2. The van der Waals surface area contributed by atoms with Gasteiger partial charge in [-0.15, -0.1) is 0 Å². The molecule has 2 aromatic rings. The number of benzene rings is 2. The Morgan fingerprint density at radius 2 is 1.98 bits per heavy atom. The Labute approximate surface area is 278 Å². The Kier molecular flexibility index (Phi) is 9.15. The van der Waals surface area contributed by atoms with Crippen LogP contribution in [0.1, 0.15) is 87.2 Å². The Bertz CT molecular complexity index is 1610. The number of fused-ring (bicyclic) bond motifs is 4. The molecule has 1 fully saturated rings. The number of amides is 2. The molecule has 3 N–H and O–H groups in total. The van der Waals surface area contributed by atoms with Gasteiger partial charge in [-0.1, -0.05) is 31.0 Å². The molecule has 0 saturated heterocycles. The van der Waals surface area contributed by atoms with Crippen LogP contribution in [0.25, 0.3) is 0 Å². The van der Waals surface area contributed by atoms with Crippen molar-refractivity contribution in [1.29, 1.82) is 0 Å². The molecule has 2 amide bonds. The highest BCUT2D eigenvalue weighted by Gasteiger charge is 2.49. The van der Waals surface area contributed by atoms with Crippen molar-refractivity contribution < 1.29 is 23.6 Å². The normalized spacial score (nSPS) is 34.6. The van der Waals surface area contributed by atoms with Gasteiger partial charge in [0.15, 0.2) is 0 Å². The number of nitrogens with one attached hydrogen (secondary N) is 2. The molecule has 2 aliphatic carbocycles. The lowest BCUT2D eigenvalue weighted by Crippen LogP contribution is -2.62. The lowest BCUT2D eigenvalue weighted by Gasteiger charge is -2.52. The van der Waals surface area contributed by atoms with Crippen LogP contribution in [0.4, 0.5) is 5.69 Å². The van der Waals surface area contributed by atoms with E-state index >= 15 is 0 Å². The summed E-state index contributed by atoms with van der Waals surface area (Å²) >= 11 is 6.44. The number of hydrogen-bond donors (Lipinski definition) is 3. The first-order valence-corrected chi connectivity index (χ1v) is 18.9. The van der Waals surface area contributed by atoms with Gasteiger partial charge in [0, 0.05) is 41.3 Å². The molecule has 8 nitrogen and oxygen atoms in total. The maximum atomic E-state index is 13.8. The molecule has 1 saturated carbocycles. The molecule has 7 atom stereocenters. The molecular formula is C36H48ClN3O5S. The molecule has 2 aliphatic heterocycles. The Balaban J connectivity index is 1.45. The topological polar surface area (TPSA) is 108 Å². The number of aliphatic hydroxyl groups excluding tert-OH is 1. The van der Waals surface area contributed by atoms with Crippen LogP contribution < -0.4 is 19.7 Å². The number of hydrogen-bond acceptors (Lipinski definition) is 6. The molecule has 0 aromatic heterocycles. The Hall–Kier alpha value is -2.75. The van der Waals surface area contributed by atoms with Gasteiger partial charge in [-0.2, -0.15) is 0 Å². The SMILES string of the molecule is C=S1(=O)NC(=O)c2ccc3c(c2)N(C[C@@H]2CC[C@H]2[C@](CO)(NC(C)=O)CCC[C@H](C)[C@H]1C)C[C@@]1(CCCc2cc(Cl)ccc21)CO3. The van der Waals surface area contributed by atoms with E-state index in [1.165, 1.54) is 18.1 Å². The molecule has 1 unspecified atom stereocenters. The monoisotopic (exact) mass is 669 g/mol. The smallest absolute Gasteiger partial charge is 0.262 e. The molecule has 0 radical (unpaired) electrons. The van der Waals surface area contributed by atoms with Crippen LogP contribution in [-0.4, -0.2) is 64.1 Å². The van der Waals surface area contributed by atoms with Gasteiger partial charge in [0.1, 0.15) is 5.75 Å². The number of halogens is 1.